The molecule has 1 aromatic carbocycles. The van der Waals surface area contributed by atoms with E-state index in [9.17, 15) is 4.79 Å². The van der Waals surface area contributed by atoms with Crippen LogP contribution in [0.2, 0.25) is 0 Å². The first-order chi connectivity index (χ1) is 6.60. The van der Waals surface area contributed by atoms with Crippen LogP contribution in [0.15, 0.2) is 12.1 Å². The second-order valence-corrected chi connectivity index (χ2v) is 3.30. The molecule has 0 bridgehead atoms. The summed E-state index contributed by atoms with van der Waals surface area (Å²) in [7, 11) is 1.51. The van der Waals surface area contributed by atoms with E-state index in [1.54, 1.807) is 12.1 Å². The van der Waals surface area contributed by atoms with E-state index in [4.69, 9.17) is 16.2 Å². The Bertz CT molecular complexity index is 343. The molecule has 0 aliphatic rings. The third-order valence-electron chi connectivity index (χ3n) is 1.81. The van der Waals surface area contributed by atoms with Crippen molar-refractivity contribution in [3.05, 3.63) is 17.7 Å². The predicted octanol–water partition coefficient (Wildman–Crippen LogP) is 1.44. The Morgan fingerprint density at radius 2 is 1.93 bits per heavy atom. The van der Waals surface area contributed by atoms with Gasteiger partial charge in [0.2, 0.25) is 0 Å². The summed E-state index contributed by atoms with van der Waals surface area (Å²) in [6, 6.07) is 3.15. The molecule has 5 heteroatoms. The maximum atomic E-state index is 11.4. The maximum Gasteiger partial charge on any atom is 0.177 e. The van der Waals surface area contributed by atoms with Crippen molar-refractivity contribution >= 4 is 33.1 Å². The quantitative estimate of drug-likeness (QED) is 0.489. The van der Waals surface area contributed by atoms with Gasteiger partial charge in [-0.1, -0.05) is 15.9 Å². The number of rotatable bonds is 3. The molecule has 1 rings (SSSR count). The van der Waals surface area contributed by atoms with Crippen LogP contribution in [0.1, 0.15) is 10.4 Å². The smallest absolute Gasteiger partial charge is 0.177 e. The van der Waals surface area contributed by atoms with Crippen molar-refractivity contribution in [3.8, 4) is 5.75 Å². The molecule has 4 N–H and O–H groups in total. The van der Waals surface area contributed by atoms with Gasteiger partial charge in [-0.15, -0.1) is 0 Å². The van der Waals surface area contributed by atoms with Crippen molar-refractivity contribution in [1.82, 2.24) is 0 Å². The molecule has 0 radical (unpaired) electrons. The summed E-state index contributed by atoms with van der Waals surface area (Å²) in [5, 5.41) is 0.202. The number of hydrogen-bond donors (Lipinski definition) is 2. The van der Waals surface area contributed by atoms with E-state index in [0.717, 1.165) is 0 Å². The van der Waals surface area contributed by atoms with Crippen molar-refractivity contribution < 1.29 is 9.53 Å². The zero-order valence-electron chi connectivity index (χ0n) is 7.71. The van der Waals surface area contributed by atoms with Gasteiger partial charge in [-0.25, -0.2) is 0 Å². The molecule has 14 heavy (non-hydrogen) atoms. The molecule has 0 unspecified atom stereocenters. The van der Waals surface area contributed by atoms with E-state index in [2.05, 4.69) is 15.9 Å². The highest BCUT2D eigenvalue weighted by atomic mass is 79.9. The lowest BCUT2D eigenvalue weighted by Crippen LogP contribution is -2.09. The highest BCUT2D eigenvalue weighted by molar-refractivity contribution is 9.09. The summed E-state index contributed by atoms with van der Waals surface area (Å²) in [6.45, 7) is 0. The van der Waals surface area contributed by atoms with Gasteiger partial charge in [-0.05, 0) is 0 Å². The van der Waals surface area contributed by atoms with Gasteiger partial charge in [-0.2, -0.15) is 0 Å². The van der Waals surface area contributed by atoms with E-state index in [0.29, 0.717) is 22.7 Å². The highest BCUT2D eigenvalue weighted by Crippen LogP contribution is 2.27. The Labute approximate surface area is 90.3 Å². The van der Waals surface area contributed by atoms with Crippen LogP contribution in [0.4, 0.5) is 11.4 Å². The van der Waals surface area contributed by atoms with Gasteiger partial charge in [0.25, 0.3) is 0 Å². The number of ketones is 1. The first kappa shape index (κ1) is 10.8. The number of methoxy groups -OCH3 is 1. The number of Topliss-reactive ketones (excluding diaryl/α,β-unsaturated/α-hetero) is 1. The standard InChI is InChI=1S/C9H11BrN2O2/c1-14-5-2-6(11)9(7(12)3-5)8(13)4-10/h2-3H,4,11-12H2,1H3. The maximum absolute atomic E-state index is 11.4. The molecule has 1 aromatic rings. The Morgan fingerprint density at radius 3 is 2.29 bits per heavy atom. The van der Waals surface area contributed by atoms with E-state index >= 15 is 0 Å². The lowest BCUT2D eigenvalue weighted by molar-refractivity contribution is 0.102. The largest absolute Gasteiger partial charge is 0.497 e. The molecule has 0 atom stereocenters. The second kappa shape index (κ2) is 4.32. The normalized spacial score (nSPS) is 9.86. The number of halogens is 1. The van der Waals surface area contributed by atoms with Gasteiger partial charge in [0.05, 0.1) is 18.0 Å². The lowest BCUT2D eigenvalue weighted by Gasteiger charge is -2.09. The van der Waals surface area contributed by atoms with E-state index in [-0.39, 0.29) is 11.1 Å². The van der Waals surface area contributed by atoms with Crippen molar-refractivity contribution in [2.24, 2.45) is 0 Å². The van der Waals surface area contributed by atoms with Gasteiger partial charge in [0.1, 0.15) is 5.75 Å². The van der Waals surface area contributed by atoms with Crippen LogP contribution < -0.4 is 16.2 Å². The Morgan fingerprint density at radius 1 is 1.43 bits per heavy atom. The molecule has 0 saturated heterocycles. The topological polar surface area (TPSA) is 78.3 Å². The number of carbonyl (C=O) groups is 1. The minimum atomic E-state index is -0.136. The molecule has 0 spiro atoms. The van der Waals surface area contributed by atoms with Crippen LogP contribution in [-0.2, 0) is 0 Å². The highest BCUT2D eigenvalue weighted by Gasteiger charge is 2.13. The minimum absolute atomic E-state index is 0.136. The van der Waals surface area contributed by atoms with Gasteiger partial charge in [-0.3, -0.25) is 4.79 Å². The summed E-state index contributed by atoms with van der Waals surface area (Å²) in [6.07, 6.45) is 0. The molecule has 0 amide bonds. The number of alkyl halides is 1. The lowest BCUT2D eigenvalue weighted by atomic mass is 10.1. The molecule has 4 nitrogen and oxygen atoms in total. The number of nitrogen functional groups attached to an aromatic ring is 2. The van der Waals surface area contributed by atoms with Crippen molar-refractivity contribution in [1.29, 1.82) is 0 Å². The summed E-state index contributed by atoms with van der Waals surface area (Å²) < 4.78 is 4.96. The number of nitrogens with two attached hydrogens (primary N) is 2. The Kier molecular flexibility index (Phi) is 3.35. The molecular formula is C9H11BrN2O2. The molecule has 76 valence electrons. The summed E-state index contributed by atoms with van der Waals surface area (Å²) in [4.78, 5) is 11.4. The average Bonchev–Trinajstić information content (AvgIpc) is 2.16. The number of ether oxygens (including phenoxy) is 1. The number of hydrogen-bond acceptors (Lipinski definition) is 4. The van der Waals surface area contributed by atoms with Crippen molar-refractivity contribution in [2.45, 2.75) is 0 Å². The van der Waals surface area contributed by atoms with Gasteiger partial charge < -0.3 is 16.2 Å². The molecule has 0 saturated carbocycles. The fourth-order valence-corrected chi connectivity index (χ4v) is 1.45. The zero-order valence-corrected chi connectivity index (χ0v) is 9.30. The van der Waals surface area contributed by atoms with Crippen LogP contribution in [0.3, 0.4) is 0 Å². The van der Waals surface area contributed by atoms with E-state index < -0.39 is 0 Å². The Hall–Kier alpha value is -1.23. The monoisotopic (exact) mass is 258 g/mol. The van der Waals surface area contributed by atoms with Crippen LogP contribution >= 0.6 is 15.9 Å². The summed E-state index contributed by atoms with van der Waals surface area (Å²) in [5.74, 6) is 0.411. The first-order valence-corrected chi connectivity index (χ1v) is 5.04. The van der Waals surface area contributed by atoms with Crippen LogP contribution in [0.5, 0.6) is 5.75 Å². The van der Waals surface area contributed by atoms with Crippen LogP contribution in [-0.4, -0.2) is 18.2 Å². The molecular weight excluding hydrogens is 248 g/mol. The summed E-state index contributed by atoms with van der Waals surface area (Å²) >= 11 is 3.06. The Balaban J connectivity index is 3.25. The number of benzene rings is 1. The first-order valence-electron chi connectivity index (χ1n) is 3.92. The molecule has 0 aliphatic carbocycles. The van der Waals surface area contributed by atoms with Crippen LogP contribution in [0, 0.1) is 0 Å². The third-order valence-corrected chi connectivity index (χ3v) is 2.32. The fraction of sp³-hybridized carbons (Fsp3) is 0.222. The van der Waals surface area contributed by atoms with Crippen LogP contribution in [0.25, 0.3) is 0 Å². The molecule has 0 fully saturated rings. The summed E-state index contributed by atoms with van der Waals surface area (Å²) in [5.41, 5.74) is 12.4. The number of anilines is 2. The van der Waals surface area contributed by atoms with E-state index in [1.165, 1.54) is 7.11 Å². The van der Waals surface area contributed by atoms with Gasteiger partial charge >= 0.3 is 0 Å². The molecule has 0 aliphatic heterocycles. The zero-order chi connectivity index (χ0) is 10.7. The SMILES string of the molecule is COc1cc(N)c(C(=O)CBr)c(N)c1. The minimum Gasteiger partial charge on any atom is -0.497 e. The van der Waals surface area contributed by atoms with Gasteiger partial charge in [0, 0.05) is 23.5 Å². The third kappa shape index (κ3) is 1.98. The van der Waals surface area contributed by atoms with E-state index in [1.807, 2.05) is 0 Å². The second-order valence-electron chi connectivity index (χ2n) is 2.74. The average molecular weight is 259 g/mol. The fourth-order valence-electron chi connectivity index (χ4n) is 1.17. The number of carbonyl (C=O) groups excluding carboxylic acids is 1. The van der Waals surface area contributed by atoms with Crippen molar-refractivity contribution in [2.75, 3.05) is 23.9 Å². The molecule has 0 heterocycles. The van der Waals surface area contributed by atoms with Crippen molar-refractivity contribution in [3.63, 3.8) is 0 Å². The van der Waals surface area contributed by atoms with Gasteiger partial charge in [0.15, 0.2) is 5.78 Å². The predicted molar refractivity (Wildman–Crippen MR) is 59.9 cm³/mol. The molecule has 0 aromatic heterocycles.